The predicted molar refractivity (Wildman–Crippen MR) is 125 cm³/mol. The van der Waals surface area contributed by atoms with Gasteiger partial charge in [0.05, 0.1) is 44.0 Å². The summed E-state index contributed by atoms with van der Waals surface area (Å²) in [5.41, 5.74) is 7.70. The molecule has 34 heavy (non-hydrogen) atoms. The Hall–Kier alpha value is -3.26. The Morgan fingerprint density at radius 1 is 1.24 bits per heavy atom. The van der Waals surface area contributed by atoms with Gasteiger partial charge < -0.3 is 41.3 Å². The highest BCUT2D eigenvalue weighted by molar-refractivity contribution is 7.07. The number of nitrogens with zero attached hydrogens (tertiary/aromatic N) is 2. The van der Waals surface area contributed by atoms with E-state index in [1.165, 1.54) is 23.3 Å². The number of nitrogens with one attached hydrogen (secondary N) is 2. The first-order valence-electron chi connectivity index (χ1n) is 10.3. The first-order chi connectivity index (χ1) is 16.1. The second kappa shape index (κ2) is 12.8. The van der Waals surface area contributed by atoms with Gasteiger partial charge in [0.25, 0.3) is 0 Å². The highest BCUT2D eigenvalue weighted by Gasteiger charge is 2.34. The third-order valence-electron chi connectivity index (χ3n) is 4.84. The van der Waals surface area contributed by atoms with Crippen molar-refractivity contribution in [3.63, 3.8) is 0 Å². The summed E-state index contributed by atoms with van der Waals surface area (Å²) >= 11 is 1.43. The van der Waals surface area contributed by atoms with Crippen molar-refractivity contribution in [3.8, 4) is 5.75 Å². The lowest BCUT2D eigenvalue weighted by atomic mass is 10.1. The number of carbonyl (C=O) groups is 3. The lowest BCUT2D eigenvalue weighted by molar-refractivity contribution is -0.139. The van der Waals surface area contributed by atoms with Gasteiger partial charge in [-0.2, -0.15) is 0 Å². The maximum Gasteiger partial charge on any atom is 0.326 e. The summed E-state index contributed by atoms with van der Waals surface area (Å²) in [6.07, 6.45) is -1.90. The maximum absolute atomic E-state index is 12.1. The first-order valence-corrected chi connectivity index (χ1v) is 11.3. The van der Waals surface area contributed by atoms with E-state index in [2.05, 4.69) is 15.6 Å². The number of carbonyl (C=O) groups excluding carboxylic acids is 2. The van der Waals surface area contributed by atoms with Crippen molar-refractivity contribution < 1.29 is 34.4 Å². The molecule has 12 nitrogen and oxygen atoms in total. The number of aliphatic carboxylic acids is 1. The van der Waals surface area contributed by atoms with E-state index in [-0.39, 0.29) is 25.4 Å². The molecule has 0 bridgehead atoms. The molecule has 0 unspecified atom stereocenters. The molecule has 1 fully saturated rings. The Kier molecular flexibility index (Phi) is 10.2. The molecule has 0 saturated carbocycles. The van der Waals surface area contributed by atoms with Crippen LogP contribution in [0.1, 0.15) is 12.5 Å². The van der Waals surface area contributed by atoms with Crippen LogP contribution >= 0.6 is 11.3 Å². The van der Waals surface area contributed by atoms with E-state index in [0.717, 1.165) is 5.56 Å². The van der Waals surface area contributed by atoms with Crippen LogP contribution in [-0.2, 0) is 16.0 Å². The summed E-state index contributed by atoms with van der Waals surface area (Å²) < 4.78 is 5.03. The highest BCUT2D eigenvalue weighted by Crippen LogP contribution is 2.14. The van der Waals surface area contributed by atoms with Gasteiger partial charge in [0.1, 0.15) is 17.6 Å². The van der Waals surface area contributed by atoms with E-state index in [0.29, 0.717) is 11.6 Å². The fraction of sp³-hybridized carbons (Fsp3) is 0.429. The Balaban J connectivity index is 0.000000310. The average Bonchev–Trinajstić information content (AvgIpc) is 3.43. The normalized spacial score (nSPS) is 18.8. The molecule has 0 aliphatic carbocycles. The molecule has 1 aliphatic rings. The van der Waals surface area contributed by atoms with Gasteiger partial charge in [0.2, 0.25) is 5.91 Å². The van der Waals surface area contributed by atoms with E-state index in [1.54, 1.807) is 42.1 Å². The predicted octanol–water partition coefficient (Wildman–Crippen LogP) is -0.133. The van der Waals surface area contributed by atoms with Crippen LogP contribution in [0.3, 0.4) is 0 Å². The molecule has 7 N–H and O–H groups in total. The second-order valence-electron chi connectivity index (χ2n) is 7.58. The van der Waals surface area contributed by atoms with Crippen LogP contribution in [0.4, 0.5) is 10.6 Å². The number of amides is 3. The molecule has 1 aliphatic heterocycles. The van der Waals surface area contributed by atoms with Crippen LogP contribution in [0, 0.1) is 0 Å². The zero-order valence-corrected chi connectivity index (χ0v) is 19.6. The van der Waals surface area contributed by atoms with Gasteiger partial charge in [-0.3, -0.25) is 4.79 Å². The van der Waals surface area contributed by atoms with Crippen molar-refractivity contribution in [1.82, 2.24) is 15.2 Å². The number of aromatic nitrogens is 1. The number of nitrogens with two attached hydrogens (primary N) is 1. The Labute approximate surface area is 200 Å². The zero-order chi connectivity index (χ0) is 25.3. The van der Waals surface area contributed by atoms with Crippen LogP contribution in [0.25, 0.3) is 0 Å². The number of carboxylic acids is 1. The van der Waals surface area contributed by atoms with Gasteiger partial charge in [-0.05, 0) is 24.6 Å². The second-order valence-corrected chi connectivity index (χ2v) is 8.30. The quantitative estimate of drug-likeness (QED) is 0.304. The minimum atomic E-state index is -1.16. The lowest BCUT2D eigenvalue weighted by Gasteiger charge is -2.20. The van der Waals surface area contributed by atoms with E-state index in [1.807, 2.05) is 0 Å². The SMILES string of the molecule is COc1ccc(C[C@H](NC(=O)N2C[C@@H](O)[C@@H](O)C2)C(=O)O)cc1.C[C@H](N)C(=O)Nc1cscn1. The summed E-state index contributed by atoms with van der Waals surface area (Å²) in [4.78, 5) is 39.4. The third-order valence-corrected chi connectivity index (χ3v) is 5.42. The number of rotatable bonds is 7. The molecule has 0 radical (unpaired) electrons. The van der Waals surface area contributed by atoms with Crippen molar-refractivity contribution in [1.29, 1.82) is 0 Å². The lowest BCUT2D eigenvalue weighted by Crippen LogP contribution is -2.48. The van der Waals surface area contributed by atoms with E-state index in [4.69, 9.17) is 10.5 Å². The number of hydrogen-bond acceptors (Lipinski definition) is 9. The third kappa shape index (κ3) is 8.26. The van der Waals surface area contributed by atoms with Crippen molar-refractivity contribution in [2.24, 2.45) is 5.73 Å². The van der Waals surface area contributed by atoms with Gasteiger partial charge in [-0.25, -0.2) is 14.6 Å². The summed E-state index contributed by atoms with van der Waals surface area (Å²) in [7, 11) is 1.54. The number of hydrogen-bond donors (Lipinski definition) is 6. The summed E-state index contributed by atoms with van der Waals surface area (Å²) in [5, 5.41) is 34.9. The number of β-amino-alcohol motifs (C(OH)–C–C–N with tert-alkyl or cyclic N) is 2. The molecule has 13 heteroatoms. The fourth-order valence-corrected chi connectivity index (χ4v) is 3.37. The number of methoxy groups -OCH3 is 1. The van der Waals surface area contributed by atoms with Crippen molar-refractivity contribution in [3.05, 3.63) is 40.7 Å². The monoisotopic (exact) mass is 495 g/mol. The number of thiazole rings is 1. The van der Waals surface area contributed by atoms with Crippen LogP contribution in [-0.4, -0.2) is 87.6 Å². The van der Waals surface area contributed by atoms with Crippen LogP contribution < -0.4 is 21.1 Å². The molecule has 3 rings (SSSR count). The Morgan fingerprint density at radius 3 is 2.32 bits per heavy atom. The molecule has 186 valence electrons. The molecule has 2 heterocycles. The van der Waals surface area contributed by atoms with Gasteiger partial charge in [-0.1, -0.05) is 12.1 Å². The topological polar surface area (TPSA) is 187 Å². The Bertz CT molecular complexity index is 929. The van der Waals surface area contributed by atoms with E-state index < -0.39 is 36.3 Å². The number of likely N-dealkylation sites (tertiary alicyclic amines) is 1. The molecular formula is C21H29N5O7S. The molecular weight excluding hydrogens is 466 g/mol. The minimum absolute atomic E-state index is 0.0259. The number of ether oxygens (including phenoxy) is 1. The van der Waals surface area contributed by atoms with Crippen LogP contribution in [0.15, 0.2) is 35.2 Å². The number of urea groups is 1. The van der Waals surface area contributed by atoms with Gasteiger partial charge in [-0.15, -0.1) is 11.3 Å². The number of carboxylic acid groups (broad SMARTS) is 1. The molecule has 4 atom stereocenters. The molecule has 1 aromatic carbocycles. The van der Waals surface area contributed by atoms with Gasteiger partial charge in [0.15, 0.2) is 0 Å². The largest absolute Gasteiger partial charge is 0.497 e. The van der Waals surface area contributed by atoms with Crippen molar-refractivity contribution in [2.75, 3.05) is 25.5 Å². The standard InChI is InChI=1S/C15H20N2O6.C6H9N3OS/c1-23-10-4-2-9(3-5-10)6-11(14(20)21)16-15(22)17-7-12(18)13(19)8-17;1-4(7)6(10)9-5-2-11-3-8-5/h2-5,11-13,18-19H,6-8H2,1H3,(H,16,22)(H,20,21);2-4H,7H2,1H3,(H,9,10)/t11-,12-,13+;4-/m00/s1. The van der Waals surface area contributed by atoms with Crippen molar-refractivity contribution >= 4 is 35.1 Å². The molecule has 3 amide bonds. The highest BCUT2D eigenvalue weighted by atomic mass is 32.1. The fourth-order valence-electron chi connectivity index (χ4n) is 2.89. The van der Waals surface area contributed by atoms with Gasteiger partial charge >= 0.3 is 12.0 Å². The molecule has 1 saturated heterocycles. The summed E-state index contributed by atoms with van der Waals surface area (Å²) in [6.45, 7) is 1.57. The van der Waals surface area contributed by atoms with E-state index >= 15 is 0 Å². The van der Waals surface area contributed by atoms with Crippen LogP contribution in [0.5, 0.6) is 5.75 Å². The number of aliphatic hydroxyl groups excluding tert-OH is 2. The number of aliphatic hydroxyl groups is 2. The molecule has 0 spiro atoms. The zero-order valence-electron chi connectivity index (χ0n) is 18.7. The number of benzene rings is 1. The molecule has 1 aromatic heterocycles. The summed E-state index contributed by atoms with van der Waals surface area (Å²) in [5.74, 6) is -0.146. The first kappa shape index (κ1) is 27.0. The Morgan fingerprint density at radius 2 is 1.85 bits per heavy atom. The average molecular weight is 496 g/mol. The maximum atomic E-state index is 12.1. The van der Waals surface area contributed by atoms with Gasteiger partial charge in [0, 0.05) is 11.8 Å². The summed E-state index contributed by atoms with van der Waals surface area (Å²) in [6, 6.07) is 4.66. The van der Waals surface area contributed by atoms with E-state index in [9.17, 15) is 29.7 Å². The van der Waals surface area contributed by atoms with Crippen LogP contribution in [0.2, 0.25) is 0 Å². The smallest absolute Gasteiger partial charge is 0.326 e. The minimum Gasteiger partial charge on any atom is -0.497 e. The number of anilines is 1. The molecule has 2 aromatic rings. The van der Waals surface area contributed by atoms with Crippen molar-refractivity contribution in [2.45, 2.75) is 37.6 Å².